The van der Waals surface area contributed by atoms with Gasteiger partial charge in [-0.2, -0.15) is 158 Å². The van der Waals surface area contributed by atoms with Crippen LogP contribution in [0.15, 0.2) is 97.1 Å². The maximum atomic E-state index is 15.7. The van der Waals surface area contributed by atoms with Crippen molar-refractivity contribution >= 4 is 48.7 Å². The monoisotopic (exact) mass is 1370 g/mol. The second-order valence-corrected chi connectivity index (χ2v) is 21.7. The van der Waals surface area contributed by atoms with Crippen molar-refractivity contribution in [2.24, 2.45) is 0 Å². The van der Waals surface area contributed by atoms with Gasteiger partial charge in [0.15, 0.2) is 0 Å². The van der Waals surface area contributed by atoms with Crippen molar-refractivity contribution in [1.29, 1.82) is 0 Å². The average molecular weight is 1370 g/mol. The van der Waals surface area contributed by atoms with E-state index in [0.29, 0.717) is 0 Å². The fourth-order valence-electron chi connectivity index (χ4n) is 7.84. The molecular weight excluding hydrogens is 1350 g/mol. The van der Waals surface area contributed by atoms with Crippen LogP contribution in [0.3, 0.4) is 0 Å². The summed E-state index contributed by atoms with van der Waals surface area (Å²) in [6.07, 6.45) is -76.5. The van der Waals surface area contributed by atoms with Crippen LogP contribution in [0.1, 0.15) is 66.8 Å². The van der Waals surface area contributed by atoms with Gasteiger partial charge in [-0.1, -0.05) is 0 Å². The smallest absolute Gasteiger partial charge is 0.356 e. The Bertz CT molecular complexity index is 3060. The molecule has 0 spiro atoms. The molecular formula is C48H18F36N2P2. The molecule has 6 rings (SSSR count). The molecule has 0 fully saturated rings. The maximum absolute atomic E-state index is 15.7. The number of hydrogen-bond donors (Lipinski definition) is 2. The molecule has 0 saturated carbocycles. The van der Waals surface area contributed by atoms with Gasteiger partial charge < -0.3 is 10.2 Å². The van der Waals surface area contributed by atoms with Gasteiger partial charge in [0, 0.05) is 43.7 Å². The van der Waals surface area contributed by atoms with E-state index in [1.165, 1.54) is 10.2 Å². The first-order valence-corrected chi connectivity index (χ1v) is 24.8. The van der Waals surface area contributed by atoms with Crippen molar-refractivity contribution in [3.8, 4) is 11.1 Å². The fourth-order valence-corrected chi connectivity index (χ4v) is 11.9. The minimum absolute atomic E-state index is 0.687. The zero-order valence-corrected chi connectivity index (χ0v) is 42.5. The SMILES string of the molecule is FC(F)(F)c1cc(P(Nc2cc(C(F)(F)F)cc(C(F)(F)F)c2-c2c(NP(c3cc(C(F)(F)F)cc(C(F)(F)F)c3)c3cc(C(F)(F)F)cc(C(F)(F)F)c3)cc(C(F)(F)F)cc2C(F)(F)F)c2cc(C(F)(F)F)cc(C(F)(F)F)c2)cc(C(F)(F)F)c1. The quantitative estimate of drug-likeness (QED) is 0.111. The van der Waals surface area contributed by atoms with Crippen molar-refractivity contribution in [2.75, 3.05) is 10.2 Å². The first kappa shape index (κ1) is 70.3. The minimum atomic E-state index is -6.95. The molecule has 0 aromatic heterocycles. The van der Waals surface area contributed by atoms with Gasteiger partial charge in [0.1, 0.15) is 0 Å². The first-order chi connectivity index (χ1) is 39.2. The lowest BCUT2D eigenvalue weighted by molar-refractivity contribution is -0.145. The summed E-state index contributed by atoms with van der Waals surface area (Å²) < 4.78 is 528. The Hall–Kier alpha value is -6.74. The number of anilines is 2. The summed E-state index contributed by atoms with van der Waals surface area (Å²) in [4.78, 5) is 0. The van der Waals surface area contributed by atoms with E-state index >= 15 is 26.3 Å². The van der Waals surface area contributed by atoms with Crippen molar-refractivity contribution in [3.63, 3.8) is 0 Å². The molecule has 0 aliphatic heterocycles. The molecule has 0 aliphatic rings. The van der Waals surface area contributed by atoms with Crippen molar-refractivity contribution in [3.05, 3.63) is 164 Å². The van der Waals surface area contributed by atoms with Crippen LogP contribution in [0.4, 0.5) is 169 Å². The third-order valence-corrected chi connectivity index (χ3v) is 15.6. The molecule has 0 unspecified atom stereocenters. The molecule has 0 saturated heterocycles. The predicted octanol–water partition coefficient (Wildman–Crippen LogP) is 20.5. The van der Waals surface area contributed by atoms with Gasteiger partial charge >= 0.3 is 74.1 Å². The van der Waals surface area contributed by atoms with Gasteiger partial charge in [-0.05, 0) is 97.1 Å². The molecule has 0 amide bonds. The molecule has 6 aromatic carbocycles. The van der Waals surface area contributed by atoms with E-state index in [-0.39, 0.29) is 0 Å². The summed E-state index contributed by atoms with van der Waals surface area (Å²) in [6.45, 7) is 0. The standard InChI is InChI=1S/C48H18F36N2P2/c49-37(50,51)17-1-18(38(52,53)54)6-27(5-17)87(28-7-19(39(55,56)57)2-20(8-28)40(58,59)60)85-33-15-25(45(73,74)75)13-31(47(79,80)81)35(33)36-32(48(82,83)84)14-26(46(76,77)78)16-34(36)86-88(29-9-21(41(61,62)63)3-22(10-29)42(64,65)66)30-11-23(43(67,68)69)4-24(12-30)44(70,71)72/h1-16,85-86H. The normalized spacial score (nSPS) is 14.1. The molecule has 0 atom stereocenters. The second-order valence-electron chi connectivity index (χ2n) is 17.8. The minimum Gasteiger partial charge on any atom is -0.356 e. The van der Waals surface area contributed by atoms with Crippen molar-refractivity contribution in [1.82, 2.24) is 0 Å². The Balaban J connectivity index is 1.97. The Morgan fingerprint density at radius 1 is 0.182 bits per heavy atom. The van der Waals surface area contributed by atoms with Crippen LogP contribution >= 0.6 is 16.1 Å². The molecule has 0 aliphatic carbocycles. The van der Waals surface area contributed by atoms with Crippen LogP contribution in [0, 0.1) is 0 Å². The highest BCUT2D eigenvalue weighted by molar-refractivity contribution is 7.74. The molecule has 0 radical (unpaired) electrons. The fraction of sp³-hybridized carbons (Fsp3) is 0.250. The van der Waals surface area contributed by atoms with Crippen molar-refractivity contribution in [2.45, 2.75) is 74.1 Å². The largest absolute Gasteiger partial charge is 0.417 e. The average Bonchev–Trinajstić information content (AvgIpc) is 3.15. The molecule has 482 valence electrons. The van der Waals surface area contributed by atoms with E-state index in [9.17, 15) is 132 Å². The summed E-state index contributed by atoms with van der Waals surface area (Å²) in [6, 6.07) is -13.7. The summed E-state index contributed by atoms with van der Waals surface area (Å²) >= 11 is 0. The molecule has 88 heavy (non-hydrogen) atoms. The lowest BCUT2D eigenvalue weighted by atomic mass is 9.89. The zero-order valence-electron chi connectivity index (χ0n) is 40.7. The third-order valence-electron chi connectivity index (χ3n) is 11.6. The van der Waals surface area contributed by atoms with E-state index in [1.807, 2.05) is 0 Å². The van der Waals surface area contributed by atoms with Gasteiger partial charge in [0.05, 0.1) is 82.9 Å². The molecule has 2 nitrogen and oxygen atoms in total. The van der Waals surface area contributed by atoms with E-state index in [4.69, 9.17) is 0 Å². The van der Waals surface area contributed by atoms with Crippen LogP contribution in [0.5, 0.6) is 0 Å². The molecule has 40 heteroatoms. The molecule has 6 aromatic rings. The van der Waals surface area contributed by atoms with E-state index in [0.717, 1.165) is 0 Å². The first-order valence-electron chi connectivity index (χ1n) is 22.1. The molecule has 2 N–H and O–H groups in total. The highest BCUT2D eigenvalue weighted by Gasteiger charge is 2.49. The van der Waals surface area contributed by atoms with Gasteiger partial charge in [0.25, 0.3) is 0 Å². The van der Waals surface area contributed by atoms with Crippen LogP contribution in [-0.2, 0) is 74.1 Å². The number of alkyl halides is 36. The van der Waals surface area contributed by atoms with Crippen LogP contribution < -0.4 is 31.4 Å². The van der Waals surface area contributed by atoms with E-state index in [1.54, 1.807) is 0 Å². The van der Waals surface area contributed by atoms with Gasteiger partial charge in [0.2, 0.25) is 0 Å². The van der Waals surface area contributed by atoms with Crippen LogP contribution in [0.2, 0.25) is 0 Å². The van der Waals surface area contributed by atoms with Gasteiger partial charge in [-0.15, -0.1) is 0 Å². The van der Waals surface area contributed by atoms with E-state index < -0.39 is 298 Å². The number of halogens is 36. The lowest BCUT2D eigenvalue weighted by Crippen LogP contribution is -2.26. The van der Waals surface area contributed by atoms with Gasteiger partial charge in [-0.3, -0.25) is 0 Å². The van der Waals surface area contributed by atoms with E-state index in [2.05, 4.69) is 0 Å². The van der Waals surface area contributed by atoms with Gasteiger partial charge in [-0.25, -0.2) is 0 Å². The summed E-state index contributed by atoms with van der Waals surface area (Å²) in [5.41, 5.74) is -46.0. The Labute approximate surface area is 465 Å². The topological polar surface area (TPSA) is 24.1 Å². The second kappa shape index (κ2) is 22.6. The number of hydrogen-bond acceptors (Lipinski definition) is 2. The predicted molar refractivity (Wildman–Crippen MR) is 237 cm³/mol. The Morgan fingerprint density at radius 3 is 0.466 bits per heavy atom. The lowest BCUT2D eigenvalue weighted by Gasteiger charge is -2.31. The Kier molecular flexibility index (Phi) is 18.1. The summed E-state index contributed by atoms with van der Waals surface area (Å²) in [5.74, 6) is 0. The maximum Gasteiger partial charge on any atom is 0.417 e. The molecule has 0 heterocycles. The number of rotatable bonds is 9. The highest BCUT2D eigenvalue weighted by atomic mass is 31.1. The third kappa shape index (κ3) is 16.2. The van der Waals surface area contributed by atoms with Crippen molar-refractivity contribution < 1.29 is 158 Å². The molecule has 0 bridgehead atoms. The summed E-state index contributed by atoms with van der Waals surface area (Å²) in [7, 11) is -9.79. The van der Waals surface area contributed by atoms with Crippen LogP contribution in [-0.4, -0.2) is 0 Å². The highest BCUT2D eigenvalue weighted by Crippen LogP contribution is 2.57. The number of nitrogens with one attached hydrogen (secondary N) is 2. The van der Waals surface area contributed by atoms with Crippen LogP contribution in [0.25, 0.3) is 11.1 Å². The summed E-state index contributed by atoms with van der Waals surface area (Å²) in [5, 5.41) is -6.16. The zero-order chi connectivity index (χ0) is 67.4. The number of benzene rings is 6. The Morgan fingerprint density at radius 2 is 0.330 bits per heavy atom.